The van der Waals surface area contributed by atoms with Crippen LogP contribution in [0.1, 0.15) is 40.7 Å². The predicted molar refractivity (Wildman–Crippen MR) is 86.0 cm³/mol. The molecule has 132 valence electrons. The number of carbonyl (C=O) groups excluding carboxylic acids is 1. The van der Waals surface area contributed by atoms with E-state index in [0.29, 0.717) is 18.8 Å². The number of aromatic nitrogens is 2. The maximum atomic E-state index is 13.5. The maximum absolute atomic E-state index is 13.5. The molecule has 5 nitrogen and oxygen atoms in total. The molecule has 2 heterocycles. The van der Waals surface area contributed by atoms with Gasteiger partial charge < -0.3 is 10.0 Å². The first-order valence-electron chi connectivity index (χ1n) is 8.12. The summed E-state index contributed by atoms with van der Waals surface area (Å²) in [6.07, 6.45) is 1.44. The zero-order valence-corrected chi connectivity index (χ0v) is 14.0. The highest BCUT2D eigenvalue weighted by Crippen LogP contribution is 2.40. The first-order valence-corrected chi connectivity index (χ1v) is 8.50. The van der Waals surface area contributed by atoms with Crippen LogP contribution in [-0.2, 0) is 13.1 Å². The summed E-state index contributed by atoms with van der Waals surface area (Å²) in [7, 11) is 0. The Labute approximate surface area is 147 Å². The number of amides is 1. The smallest absolute Gasteiger partial charge is 0.255 e. The highest BCUT2D eigenvalue weighted by molar-refractivity contribution is 6.33. The molecule has 1 aliphatic heterocycles. The molecular formula is C17H16ClF2N3O2. The first kappa shape index (κ1) is 16.5. The van der Waals surface area contributed by atoms with Crippen LogP contribution in [0.3, 0.4) is 0 Å². The topological polar surface area (TPSA) is 58.4 Å². The molecule has 25 heavy (non-hydrogen) atoms. The van der Waals surface area contributed by atoms with Crippen LogP contribution in [0, 0.1) is 17.6 Å². The summed E-state index contributed by atoms with van der Waals surface area (Å²) in [6.45, 7) is 1.13. The Balaban J connectivity index is 1.55. The lowest BCUT2D eigenvalue weighted by Crippen LogP contribution is -2.38. The zero-order chi connectivity index (χ0) is 17.7. The van der Waals surface area contributed by atoms with E-state index in [9.17, 15) is 18.7 Å². The van der Waals surface area contributed by atoms with Gasteiger partial charge in [-0.15, -0.1) is 0 Å². The van der Waals surface area contributed by atoms with E-state index in [-0.39, 0.29) is 23.0 Å². The van der Waals surface area contributed by atoms with E-state index in [2.05, 4.69) is 5.10 Å². The van der Waals surface area contributed by atoms with Gasteiger partial charge in [-0.25, -0.2) is 8.78 Å². The number of rotatable bonds is 3. The quantitative estimate of drug-likeness (QED) is 0.849. The van der Waals surface area contributed by atoms with Crippen molar-refractivity contribution in [1.29, 1.82) is 0 Å². The van der Waals surface area contributed by atoms with Crippen molar-refractivity contribution in [2.75, 3.05) is 6.54 Å². The van der Waals surface area contributed by atoms with Gasteiger partial charge in [-0.1, -0.05) is 11.6 Å². The van der Waals surface area contributed by atoms with E-state index in [1.54, 1.807) is 10.7 Å². The Hall–Kier alpha value is -1.99. The molecule has 2 aliphatic rings. The van der Waals surface area contributed by atoms with Crippen LogP contribution < -0.4 is 0 Å². The molecule has 0 saturated heterocycles. The monoisotopic (exact) mass is 367 g/mol. The summed E-state index contributed by atoms with van der Waals surface area (Å²) in [5.41, 5.74) is 1.36. The van der Waals surface area contributed by atoms with Gasteiger partial charge in [0, 0.05) is 6.54 Å². The fourth-order valence-electron chi connectivity index (χ4n) is 3.12. The van der Waals surface area contributed by atoms with Gasteiger partial charge in [0.1, 0.15) is 6.10 Å². The second kappa shape index (κ2) is 6.07. The number of hydrogen-bond donors (Lipinski definition) is 1. The van der Waals surface area contributed by atoms with Gasteiger partial charge in [0.05, 0.1) is 35.1 Å². The SMILES string of the molecule is O=C(c1cc(F)c(F)cc1Cl)N1CCn2nc([C@@H](O)C3CC3)cc2C1. The number of nitrogens with zero attached hydrogens (tertiary/aromatic N) is 3. The van der Waals surface area contributed by atoms with Crippen LogP contribution in [0.5, 0.6) is 0 Å². The summed E-state index contributed by atoms with van der Waals surface area (Å²) in [5.74, 6) is -2.38. The number of benzene rings is 1. The van der Waals surface area contributed by atoms with Crippen LogP contribution in [0.2, 0.25) is 5.02 Å². The summed E-state index contributed by atoms with van der Waals surface area (Å²) in [6, 6.07) is 3.44. The van der Waals surface area contributed by atoms with Gasteiger partial charge in [0.2, 0.25) is 0 Å². The maximum Gasteiger partial charge on any atom is 0.255 e. The molecule has 0 unspecified atom stereocenters. The molecule has 1 amide bonds. The van der Waals surface area contributed by atoms with Crippen LogP contribution in [-0.4, -0.2) is 32.2 Å². The molecule has 4 rings (SSSR count). The third kappa shape index (κ3) is 3.02. The third-order valence-electron chi connectivity index (χ3n) is 4.72. The van der Waals surface area contributed by atoms with Crippen LogP contribution in [0.25, 0.3) is 0 Å². The van der Waals surface area contributed by atoms with Gasteiger partial charge in [-0.05, 0) is 37.0 Å². The van der Waals surface area contributed by atoms with E-state index in [0.717, 1.165) is 30.7 Å². The fraction of sp³-hybridized carbons (Fsp3) is 0.412. The summed E-state index contributed by atoms with van der Waals surface area (Å²) < 4.78 is 28.4. The summed E-state index contributed by atoms with van der Waals surface area (Å²) >= 11 is 5.90. The molecule has 1 aromatic carbocycles. The molecule has 0 spiro atoms. The number of aliphatic hydroxyl groups is 1. The molecule has 1 aliphatic carbocycles. The van der Waals surface area contributed by atoms with Crippen molar-refractivity contribution in [3.05, 3.63) is 51.8 Å². The summed E-state index contributed by atoms with van der Waals surface area (Å²) in [5, 5.41) is 14.5. The Bertz CT molecular complexity index is 851. The van der Waals surface area contributed by atoms with E-state index in [1.165, 1.54) is 4.90 Å². The van der Waals surface area contributed by atoms with Crippen molar-refractivity contribution < 1.29 is 18.7 Å². The number of hydrogen-bond acceptors (Lipinski definition) is 3. The molecule has 1 saturated carbocycles. The van der Waals surface area contributed by atoms with Crippen LogP contribution in [0.15, 0.2) is 18.2 Å². The second-order valence-corrected chi connectivity index (χ2v) is 6.95. The Kier molecular flexibility index (Phi) is 4.00. The van der Waals surface area contributed by atoms with Crippen molar-refractivity contribution in [2.45, 2.75) is 32.0 Å². The lowest BCUT2D eigenvalue weighted by molar-refractivity contribution is 0.0705. The molecule has 8 heteroatoms. The number of fused-ring (bicyclic) bond motifs is 1. The minimum absolute atomic E-state index is 0.0632. The Morgan fingerprint density at radius 3 is 2.68 bits per heavy atom. The van der Waals surface area contributed by atoms with Gasteiger partial charge in [0.25, 0.3) is 5.91 Å². The van der Waals surface area contributed by atoms with Crippen molar-refractivity contribution in [1.82, 2.24) is 14.7 Å². The highest BCUT2D eigenvalue weighted by Gasteiger charge is 2.34. The van der Waals surface area contributed by atoms with Gasteiger partial charge >= 0.3 is 0 Å². The van der Waals surface area contributed by atoms with Crippen LogP contribution >= 0.6 is 11.6 Å². The average Bonchev–Trinajstić information content (AvgIpc) is 3.35. The number of carbonyl (C=O) groups is 1. The molecule has 1 atom stereocenters. The number of halogens is 3. The van der Waals surface area contributed by atoms with Crippen molar-refractivity contribution in [3.63, 3.8) is 0 Å². The van der Waals surface area contributed by atoms with Crippen LogP contribution in [0.4, 0.5) is 8.78 Å². The molecule has 2 aromatic rings. The van der Waals surface area contributed by atoms with Crippen molar-refractivity contribution >= 4 is 17.5 Å². The molecule has 0 bridgehead atoms. The zero-order valence-electron chi connectivity index (χ0n) is 13.3. The average molecular weight is 368 g/mol. The third-order valence-corrected chi connectivity index (χ3v) is 5.03. The Morgan fingerprint density at radius 2 is 1.96 bits per heavy atom. The largest absolute Gasteiger partial charge is 0.386 e. The molecule has 1 fully saturated rings. The fourth-order valence-corrected chi connectivity index (χ4v) is 3.35. The molecule has 0 radical (unpaired) electrons. The highest BCUT2D eigenvalue weighted by atomic mass is 35.5. The lowest BCUT2D eigenvalue weighted by atomic mass is 10.1. The molecule has 1 N–H and O–H groups in total. The van der Waals surface area contributed by atoms with E-state index < -0.39 is 23.6 Å². The van der Waals surface area contributed by atoms with E-state index >= 15 is 0 Å². The van der Waals surface area contributed by atoms with Gasteiger partial charge in [-0.2, -0.15) is 5.10 Å². The number of aliphatic hydroxyl groups excluding tert-OH is 1. The van der Waals surface area contributed by atoms with Crippen molar-refractivity contribution in [3.8, 4) is 0 Å². The molecular weight excluding hydrogens is 352 g/mol. The molecule has 1 aromatic heterocycles. The summed E-state index contributed by atoms with van der Waals surface area (Å²) in [4.78, 5) is 14.1. The van der Waals surface area contributed by atoms with Crippen molar-refractivity contribution in [2.24, 2.45) is 5.92 Å². The van der Waals surface area contributed by atoms with E-state index in [1.807, 2.05) is 0 Å². The minimum atomic E-state index is -1.11. The first-order chi connectivity index (χ1) is 11.9. The normalized spacial score (nSPS) is 18.2. The standard InChI is InChI=1S/C17H16ClF2N3O2/c18-12-7-14(20)13(19)6-11(12)17(25)22-3-4-23-10(8-22)5-15(21-23)16(24)9-1-2-9/h5-7,9,16,24H,1-4,8H2/t16-/m0/s1. The van der Waals surface area contributed by atoms with Gasteiger partial charge in [-0.3, -0.25) is 9.48 Å². The minimum Gasteiger partial charge on any atom is -0.386 e. The predicted octanol–water partition coefficient (Wildman–Crippen LogP) is 2.91. The van der Waals surface area contributed by atoms with E-state index in [4.69, 9.17) is 11.6 Å². The lowest BCUT2D eigenvalue weighted by Gasteiger charge is -2.28. The second-order valence-electron chi connectivity index (χ2n) is 6.54. The Morgan fingerprint density at radius 1 is 1.24 bits per heavy atom. The van der Waals surface area contributed by atoms with Gasteiger partial charge in [0.15, 0.2) is 11.6 Å².